The van der Waals surface area contributed by atoms with E-state index in [1.54, 1.807) is 45.0 Å². The molecular formula is C26H36N2O4S. The van der Waals surface area contributed by atoms with Gasteiger partial charge in [0.2, 0.25) is 10.0 Å². The fourth-order valence-corrected chi connectivity index (χ4v) is 5.22. The van der Waals surface area contributed by atoms with Gasteiger partial charge in [0.15, 0.2) is 0 Å². The van der Waals surface area contributed by atoms with Crippen molar-refractivity contribution in [2.24, 2.45) is 0 Å². The first-order chi connectivity index (χ1) is 15.4. The highest BCUT2D eigenvalue weighted by atomic mass is 32.2. The van der Waals surface area contributed by atoms with Crippen LogP contribution < -0.4 is 4.72 Å². The molecule has 1 saturated heterocycles. The second kappa shape index (κ2) is 10.4. The van der Waals surface area contributed by atoms with Crippen LogP contribution in [0.3, 0.4) is 0 Å². The molecule has 0 bridgehead atoms. The fourth-order valence-electron chi connectivity index (χ4n) is 4.03. The first kappa shape index (κ1) is 25.4. The van der Waals surface area contributed by atoms with Crippen LogP contribution in [0.15, 0.2) is 53.4 Å². The number of carbonyl (C=O) groups excluding carboxylic acids is 1. The molecule has 1 aliphatic heterocycles. The largest absolute Gasteiger partial charge is 0.459 e. The van der Waals surface area contributed by atoms with Crippen molar-refractivity contribution >= 4 is 16.0 Å². The van der Waals surface area contributed by atoms with Crippen LogP contribution in [0.5, 0.6) is 0 Å². The van der Waals surface area contributed by atoms with E-state index in [4.69, 9.17) is 4.74 Å². The topological polar surface area (TPSA) is 75.7 Å². The van der Waals surface area contributed by atoms with Crippen LogP contribution in [0, 0.1) is 0 Å². The Morgan fingerprint density at radius 2 is 1.67 bits per heavy atom. The maximum Gasteiger partial charge on any atom is 0.324 e. The number of carbonyl (C=O) groups is 1. The zero-order valence-electron chi connectivity index (χ0n) is 20.3. The lowest BCUT2D eigenvalue weighted by atomic mass is 10.0. The molecule has 2 aromatic rings. The van der Waals surface area contributed by atoms with Crippen molar-refractivity contribution in [3.63, 3.8) is 0 Å². The van der Waals surface area contributed by atoms with Gasteiger partial charge in [0, 0.05) is 12.6 Å². The van der Waals surface area contributed by atoms with E-state index in [0.717, 1.165) is 24.1 Å². The number of nitrogens with zero attached hydrogens (tertiary/aromatic N) is 1. The van der Waals surface area contributed by atoms with E-state index in [1.807, 2.05) is 0 Å². The molecule has 1 fully saturated rings. The van der Waals surface area contributed by atoms with Gasteiger partial charge < -0.3 is 9.64 Å². The summed E-state index contributed by atoms with van der Waals surface area (Å²) < 4.78 is 33.0. The lowest BCUT2D eigenvalue weighted by Gasteiger charge is -2.22. The quantitative estimate of drug-likeness (QED) is 0.577. The summed E-state index contributed by atoms with van der Waals surface area (Å²) >= 11 is 0. The smallest absolute Gasteiger partial charge is 0.324 e. The number of hydrogen-bond acceptors (Lipinski definition) is 5. The lowest BCUT2D eigenvalue weighted by molar-refractivity contribution is -0.156. The third-order valence-corrected chi connectivity index (χ3v) is 7.48. The summed E-state index contributed by atoms with van der Waals surface area (Å²) in [5.41, 5.74) is 2.60. The molecule has 33 heavy (non-hydrogen) atoms. The molecule has 0 unspecified atom stereocenters. The zero-order chi connectivity index (χ0) is 24.2. The van der Waals surface area contributed by atoms with E-state index >= 15 is 0 Å². The molecule has 0 saturated carbocycles. The van der Waals surface area contributed by atoms with Gasteiger partial charge in [0.1, 0.15) is 11.6 Å². The molecule has 180 valence electrons. The van der Waals surface area contributed by atoms with Gasteiger partial charge in [0.25, 0.3) is 0 Å². The fraction of sp³-hybridized carbons (Fsp3) is 0.500. The minimum absolute atomic E-state index is 0.109. The molecule has 1 heterocycles. The summed E-state index contributed by atoms with van der Waals surface area (Å²) in [4.78, 5) is 14.8. The first-order valence-electron chi connectivity index (χ1n) is 11.6. The van der Waals surface area contributed by atoms with Crippen molar-refractivity contribution in [3.05, 3.63) is 54.1 Å². The van der Waals surface area contributed by atoms with E-state index in [2.05, 4.69) is 40.8 Å². The molecule has 0 aromatic heterocycles. The zero-order valence-corrected chi connectivity index (χ0v) is 21.1. The standard InChI is InChI=1S/C26H36N2O4S/c1-19-7-6-17-28(19)18-16-21-8-10-22(11-9-21)23-12-14-24(15-13-23)33(30,31)27-20(2)25(29)32-26(3,4)5/h8-15,19-20,27H,6-7,16-18H2,1-5H3/t19-,20+/m1/s1. The molecule has 7 heteroatoms. The van der Waals surface area contributed by atoms with Gasteiger partial charge in [-0.05, 0) is 89.2 Å². The number of sulfonamides is 1. The number of nitrogens with one attached hydrogen (secondary N) is 1. The van der Waals surface area contributed by atoms with E-state index in [-0.39, 0.29) is 4.90 Å². The van der Waals surface area contributed by atoms with Crippen molar-refractivity contribution in [3.8, 4) is 11.1 Å². The molecule has 0 spiro atoms. The van der Waals surface area contributed by atoms with Crippen LogP contribution in [-0.2, 0) is 26.0 Å². The Labute approximate surface area is 198 Å². The predicted molar refractivity (Wildman–Crippen MR) is 131 cm³/mol. The highest BCUT2D eigenvalue weighted by Gasteiger charge is 2.26. The average molecular weight is 473 g/mol. The van der Waals surface area contributed by atoms with Crippen molar-refractivity contribution in [1.82, 2.24) is 9.62 Å². The van der Waals surface area contributed by atoms with E-state index < -0.39 is 27.6 Å². The molecule has 2 aromatic carbocycles. The van der Waals surface area contributed by atoms with Crippen LogP contribution in [0.25, 0.3) is 11.1 Å². The van der Waals surface area contributed by atoms with Gasteiger partial charge in [-0.1, -0.05) is 36.4 Å². The number of esters is 1. The molecule has 3 rings (SSSR count). The monoisotopic (exact) mass is 472 g/mol. The number of ether oxygens (including phenoxy) is 1. The van der Waals surface area contributed by atoms with Crippen LogP contribution in [0.4, 0.5) is 0 Å². The number of likely N-dealkylation sites (tertiary alicyclic amines) is 1. The maximum atomic E-state index is 12.7. The highest BCUT2D eigenvalue weighted by molar-refractivity contribution is 7.89. The minimum Gasteiger partial charge on any atom is -0.459 e. The van der Waals surface area contributed by atoms with Crippen LogP contribution in [0.2, 0.25) is 0 Å². The molecule has 2 atom stereocenters. The predicted octanol–water partition coefficient (Wildman–Crippen LogP) is 4.39. The van der Waals surface area contributed by atoms with Gasteiger partial charge in [-0.3, -0.25) is 4.79 Å². The van der Waals surface area contributed by atoms with Crippen molar-refractivity contribution in [2.45, 2.75) is 76.5 Å². The number of rotatable bonds is 8. The Morgan fingerprint density at radius 3 is 2.18 bits per heavy atom. The maximum absolute atomic E-state index is 12.7. The van der Waals surface area contributed by atoms with Gasteiger partial charge in [-0.15, -0.1) is 0 Å². The SMILES string of the molecule is C[C@H](NS(=O)(=O)c1ccc(-c2ccc(CCN3CCC[C@H]3C)cc2)cc1)C(=O)OC(C)(C)C. The second-order valence-corrected chi connectivity index (χ2v) is 11.6. The normalized spacial score (nSPS) is 18.3. The Hall–Kier alpha value is -2.22. The summed E-state index contributed by atoms with van der Waals surface area (Å²) in [5, 5.41) is 0. The summed E-state index contributed by atoms with van der Waals surface area (Å²) in [6.45, 7) is 11.3. The molecule has 0 amide bonds. The van der Waals surface area contributed by atoms with Crippen molar-refractivity contribution in [1.29, 1.82) is 0 Å². The Kier molecular flexibility index (Phi) is 7.98. The van der Waals surface area contributed by atoms with Gasteiger partial charge in [0.05, 0.1) is 4.90 Å². The van der Waals surface area contributed by atoms with Crippen LogP contribution in [0.1, 0.15) is 53.0 Å². The molecular weight excluding hydrogens is 436 g/mol. The Morgan fingerprint density at radius 1 is 1.09 bits per heavy atom. The van der Waals surface area contributed by atoms with Gasteiger partial charge in [-0.25, -0.2) is 8.42 Å². The van der Waals surface area contributed by atoms with Crippen molar-refractivity contribution in [2.75, 3.05) is 13.1 Å². The molecule has 1 N–H and O–H groups in total. The Balaban J connectivity index is 1.61. The van der Waals surface area contributed by atoms with Gasteiger partial charge in [-0.2, -0.15) is 4.72 Å². The summed E-state index contributed by atoms with van der Waals surface area (Å²) in [7, 11) is -3.84. The van der Waals surface area contributed by atoms with E-state index in [1.165, 1.54) is 31.9 Å². The molecule has 0 radical (unpaired) electrons. The summed E-state index contributed by atoms with van der Waals surface area (Å²) in [6.07, 6.45) is 3.62. The third kappa shape index (κ3) is 7.13. The number of hydrogen-bond donors (Lipinski definition) is 1. The van der Waals surface area contributed by atoms with Crippen molar-refractivity contribution < 1.29 is 17.9 Å². The van der Waals surface area contributed by atoms with Crippen LogP contribution >= 0.6 is 0 Å². The summed E-state index contributed by atoms with van der Waals surface area (Å²) in [5.74, 6) is -0.609. The molecule has 6 nitrogen and oxygen atoms in total. The van der Waals surface area contributed by atoms with Gasteiger partial charge >= 0.3 is 5.97 Å². The number of benzene rings is 2. The van der Waals surface area contributed by atoms with E-state index in [9.17, 15) is 13.2 Å². The highest BCUT2D eigenvalue weighted by Crippen LogP contribution is 2.23. The summed E-state index contributed by atoms with van der Waals surface area (Å²) in [6, 6.07) is 14.8. The minimum atomic E-state index is -3.84. The Bertz CT molecular complexity index is 1040. The van der Waals surface area contributed by atoms with E-state index in [0.29, 0.717) is 6.04 Å². The van der Waals surface area contributed by atoms with Crippen LogP contribution in [-0.4, -0.2) is 50.1 Å². The third-order valence-electron chi connectivity index (χ3n) is 5.92. The lowest BCUT2D eigenvalue weighted by Crippen LogP contribution is -2.42. The first-order valence-corrected chi connectivity index (χ1v) is 13.1. The second-order valence-electron chi connectivity index (χ2n) is 9.87. The molecule has 1 aliphatic rings. The average Bonchev–Trinajstić information content (AvgIpc) is 3.16. The molecule has 0 aliphatic carbocycles.